The number of rotatable bonds is 2. The Morgan fingerprint density at radius 2 is 1.83 bits per heavy atom. The Morgan fingerprint density at radius 1 is 1.04 bits per heavy atom. The van der Waals surface area contributed by atoms with Gasteiger partial charge in [0.05, 0.1) is 23.6 Å². The molecule has 4 nitrogen and oxygen atoms in total. The third kappa shape index (κ3) is 2.16. The van der Waals surface area contributed by atoms with Crippen molar-refractivity contribution in [1.29, 1.82) is 0 Å². The highest BCUT2D eigenvalue weighted by Gasteiger charge is 2.54. The first-order valence-electron chi connectivity index (χ1n) is 8.38. The molecule has 1 aromatic carbocycles. The fourth-order valence-corrected chi connectivity index (χ4v) is 4.56. The summed E-state index contributed by atoms with van der Waals surface area (Å²) < 4.78 is 5.60. The number of carbonyl (C=O) groups is 2. The highest BCUT2D eigenvalue weighted by molar-refractivity contribution is 6.22. The maximum Gasteiger partial charge on any atom is 0.238 e. The third-order valence-electron chi connectivity index (χ3n) is 5.60. The van der Waals surface area contributed by atoms with Crippen LogP contribution in [0.15, 0.2) is 42.0 Å². The van der Waals surface area contributed by atoms with Crippen LogP contribution in [0, 0.1) is 17.8 Å². The quantitative estimate of drug-likeness (QED) is 0.623. The van der Waals surface area contributed by atoms with E-state index in [-0.39, 0.29) is 35.7 Å². The SMILES string of the molecule is CO[C@H]1CCC[C@H]2C1=CC[C@H]1C(=O)N(c3ccccc3)C(=O)[C@H]12. The average Bonchev–Trinajstić information content (AvgIpc) is 2.86. The summed E-state index contributed by atoms with van der Waals surface area (Å²) >= 11 is 0. The van der Waals surface area contributed by atoms with E-state index in [0.29, 0.717) is 12.1 Å². The number of ether oxygens (including phenoxy) is 1. The van der Waals surface area contributed by atoms with E-state index in [4.69, 9.17) is 4.74 Å². The van der Waals surface area contributed by atoms with Gasteiger partial charge in [0.15, 0.2) is 0 Å². The van der Waals surface area contributed by atoms with Gasteiger partial charge in [0.1, 0.15) is 0 Å². The maximum atomic E-state index is 13.0. The Balaban J connectivity index is 1.70. The van der Waals surface area contributed by atoms with Crippen molar-refractivity contribution in [2.75, 3.05) is 12.0 Å². The Hall–Kier alpha value is -1.94. The summed E-state index contributed by atoms with van der Waals surface area (Å²) in [7, 11) is 1.73. The van der Waals surface area contributed by atoms with Crippen molar-refractivity contribution in [2.45, 2.75) is 31.8 Å². The molecule has 2 aliphatic carbocycles. The number of imide groups is 1. The van der Waals surface area contributed by atoms with Crippen LogP contribution in [-0.2, 0) is 14.3 Å². The molecule has 120 valence electrons. The number of para-hydroxylation sites is 1. The number of hydrogen-bond acceptors (Lipinski definition) is 3. The van der Waals surface area contributed by atoms with Gasteiger partial charge in [-0.3, -0.25) is 14.5 Å². The van der Waals surface area contributed by atoms with E-state index in [1.54, 1.807) is 7.11 Å². The van der Waals surface area contributed by atoms with E-state index in [0.717, 1.165) is 19.3 Å². The Bertz CT molecular complexity index is 666. The van der Waals surface area contributed by atoms with Gasteiger partial charge in [-0.15, -0.1) is 0 Å². The zero-order chi connectivity index (χ0) is 16.0. The van der Waals surface area contributed by atoms with Crippen LogP contribution in [0.25, 0.3) is 0 Å². The van der Waals surface area contributed by atoms with Gasteiger partial charge in [-0.05, 0) is 49.3 Å². The molecule has 3 aliphatic rings. The predicted molar refractivity (Wildman–Crippen MR) is 86.8 cm³/mol. The molecule has 4 rings (SSSR count). The molecule has 0 N–H and O–H groups in total. The molecule has 1 saturated heterocycles. The zero-order valence-electron chi connectivity index (χ0n) is 13.3. The van der Waals surface area contributed by atoms with Crippen LogP contribution in [0.4, 0.5) is 5.69 Å². The monoisotopic (exact) mass is 311 g/mol. The first-order chi connectivity index (χ1) is 11.2. The Morgan fingerprint density at radius 3 is 2.57 bits per heavy atom. The van der Waals surface area contributed by atoms with E-state index >= 15 is 0 Å². The normalized spacial score (nSPS) is 33.3. The molecule has 1 saturated carbocycles. The van der Waals surface area contributed by atoms with E-state index in [1.807, 2.05) is 30.3 Å². The lowest BCUT2D eigenvalue weighted by Crippen LogP contribution is -2.38. The van der Waals surface area contributed by atoms with E-state index in [2.05, 4.69) is 6.08 Å². The molecule has 1 heterocycles. The second kappa shape index (κ2) is 5.60. The largest absolute Gasteiger partial charge is 0.377 e. The summed E-state index contributed by atoms with van der Waals surface area (Å²) in [4.78, 5) is 27.3. The number of hydrogen-bond donors (Lipinski definition) is 0. The fourth-order valence-electron chi connectivity index (χ4n) is 4.56. The van der Waals surface area contributed by atoms with Crippen LogP contribution < -0.4 is 4.90 Å². The number of nitrogens with zero attached hydrogens (tertiary/aromatic N) is 1. The Labute approximate surface area is 136 Å². The maximum absolute atomic E-state index is 13.0. The summed E-state index contributed by atoms with van der Waals surface area (Å²) in [5, 5.41) is 0. The Kier molecular flexibility index (Phi) is 3.57. The lowest BCUT2D eigenvalue weighted by atomic mass is 9.66. The van der Waals surface area contributed by atoms with Crippen molar-refractivity contribution in [3.8, 4) is 0 Å². The van der Waals surface area contributed by atoms with Crippen LogP contribution in [0.5, 0.6) is 0 Å². The van der Waals surface area contributed by atoms with Gasteiger partial charge in [-0.2, -0.15) is 0 Å². The van der Waals surface area contributed by atoms with Gasteiger partial charge in [-0.1, -0.05) is 24.3 Å². The highest BCUT2D eigenvalue weighted by atomic mass is 16.5. The first kappa shape index (κ1) is 14.6. The lowest BCUT2D eigenvalue weighted by Gasteiger charge is -2.38. The lowest BCUT2D eigenvalue weighted by molar-refractivity contribution is -0.123. The molecule has 1 aromatic rings. The zero-order valence-corrected chi connectivity index (χ0v) is 13.3. The van der Waals surface area contributed by atoms with Crippen LogP contribution in [-0.4, -0.2) is 25.0 Å². The summed E-state index contributed by atoms with van der Waals surface area (Å²) in [6, 6.07) is 9.29. The fraction of sp³-hybridized carbons (Fsp3) is 0.474. The minimum atomic E-state index is -0.208. The van der Waals surface area contributed by atoms with Crippen molar-refractivity contribution in [2.24, 2.45) is 17.8 Å². The molecule has 0 unspecified atom stereocenters. The number of fused-ring (bicyclic) bond motifs is 3. The molecule has 23 heavy (non-hydrogen) atoms. The smallest absolute Gasteiger partial charge is 0.238 e. The van der Waals surface area contributed by atoms with E-state index in [1.165, 1.54) is 10.5 Å². The van der Waals surface area contributed by atoms with Crippen molar-refractivity contribution < 1.29 is 14.3 Å². The van der Waals surface area contributed by atoms with Crippen LogP contribution >= 0.6 is 0 Å². The van der Waals surface area contributed by atoms with Crippen molar-refractivity contribution >= 4 is 17.5 Å². The van der Waals surface area contributed by atoms with Crippen LogP contribution in [0.2, 0.25) is 0 Å². The molecular formula is C19H21NO3. The van der Waals surface area contributed by atoms with Crippen molar-refractivity contribution in [1.82, 2.24) is 0 Å². The molecule has 0 aromatic heterocycles. The molecule has 2 fully saturated rings. The van der Waals surface area contributed by atoms with Gasteiger partial charge in [0, 0.05) is 7.11 Å². The molecule has 1 aliphatic heterocycles. The van der Waals surface area contributed by atoms with E-state index in [9.17, 15) is 9.59 Å². The number of carbonyl (C=O) groups excluding carboxylic acids is 2. The van der Waals surface area contributed by atoms with Crippen LogP contribution in [0.3, 0.4) is 0 Å². The standard InChI is InChI=1S/C19H21NO3/c1-23-16-9-5-8-14-13(16)10-11-15-17(14)19(22)20(18(15)21)12-6-3-2-4-7-12/h2-4,6-7,10,14-17H,5,8-9,11H2,1H3/t14-,15+,16-,17-/m0/s1. The first-order valence-corrected chi connectivity index (χ1v) is 8.38. The summed E-state index contributed by atoms with van der Waals surface area (Å²) in [5.41, 5.74) is 1.94. The average molecular weight is 311 g/mol. The van der Waals surface area contributed by atoms with Gasteiger partial charge >= 0.3 is 0 Å². The van der Waals surface area contributed by atoms with Gasteiger partial charge in [0.2, 0.25) is 11.8 Å². The minimum Gasteiger partial charge on any atom is -0.377 e. The summed E-state index contributed by atoms with van der Waals surface area (Å²) in [6.45, 7) is 0. The van der Waals surface area contributed by atoms with Gasteiger partial charge in [-0.25, -0.2) is 0 Å². The number of allylic oxidation sites excluding steroid dienone is 1. The highest BCUT2D eigenvalue weighted by Crippen LogP contribution is 2.48. The number of methoxy groups -OCH3 is 1. The minimum absolute atomic E-state index is 0.0291. The summed E-state index contributed by atoms with van der Waals surface area (Å²) in [5.74, 6) is -0.315. The topological polar surface area (TPSA) is 46.6 Å². The molecule has 4 atom stereocenters. The van der Waals surface area contributed by atoms with E-state index < -0.39 is 0 Å². The molecule has 4 heteroatoms. The predicted octanol–water partition coefficient (Wildman–Crippen LogP) is 2.94. The second-order valence-corrected chi connectivity index (χ2v) is 6.68. The molecular weight excluding hydrogens is 290 g/mol. The second-order valence-electron chi connectivity index (χ2n) is 6.68. The third-order valence-corrected chi connectivity index (χ3v) is 5.60. The van der Waals surface area contributed by atoms with Gasteiger partial charge < -0.3 is 4.74 Å². The van der Waals surface area contributed by atoms with Crippen molar-refractivity contribution in [3.63, 3.8) is 0 Å². The van der Waals surface area contributed by atoms with Crippen LogP contribution in [0.1, 0.15) is 25.7 Å². The number of anilines is 1. The van der Waals surface area contributed by atoms with Crippen molar-refractivity contribution in [3.05, 3.63) is 42.0 Å². The molecule has 0 radical (unpaired) electrons. The number of amides is 2. The molecule has 0 spiro atoms. The molecule has 2 amide bonds. The number of benzene rings is 1. The molecule has 0 bridgehead atoms. The summed E-state index contributed by atoms with van der Waals surface area (Å²) in [6.07, 6.45) is 5.98. The van der Waals surface area contributed by atoms with Gasteiger partial charge in [0.25, 0.3) is 0 Å².